The van der Waals surface area contributed by atoms with Crippen LogP contribution in [-0.2, 0) is 10.0 Å². The van der Waals surface area contributed by atoms with Gasteiger partial charge < -0.3 is 11.1 Å². The van der Waals surface area contributed by atoms with Gasteiger partial charge in [-0.2, -0.15) is 0 Å². The largest absolute Gasteiger partial charge is 0.397 e. The Bertz CT molecular complexity index is 912. The Morgan fingerprint density at radius 3 is 2.25 bits per heavy atom. The van der Waals surface area contributed by atoms with Crippen molar-refractivity contribution in [2.45, 2.75) is 4.90 Å². The summed E-state index contributed by atoms with van der Waals surface area (Å²) in [4.78, 5) is 11.9. The van der Waals surface area contributed by atoms with Gasteiger partial charge in [-0.1, -0.05) is 0 Å². The summed E-state index contributed by atoms with van der Waals surface area (Å²) in [5, 5.41) is 3.05. The Morgan fingerprint density at radius 1 is 0.917 bits per heavy atom. The van der Waals surface area contributed by atoms with E-state index >= 15 is 0 Å². The lowest BCUT2D eigenvalue weighted by Crippen LogP contribution is -2.14. The highest BCUT2D eigenvalue weighted by atomic mass is 32.2. The summed E-state index contributed by atoms with van der Waals surface area (Å²) in [5.41, 5.74) is 6.84. The molecule has 8 nitrogen and oxygen atoms in total. The van der Waals surface area contributed by atoms with Gasteiger partial charge >= 0.3 is 0 Å². The number of hydrogen-bond acceptors (Lipinski definition) is 7. The second-order valence-corrected chi connectivity index (χ2v) is 6.49. The van der Waals surface area contributed by atoms with Crippen molar-refractivity contribution in [2.24, 2.45) is 0 Å². The van der Waals surface area contributed by atoms with Crippen molar-refractivity contribution in [3.05, 3.63) is 61.1 Å². The number of pyridine rings is 1. The quantitative estimate of drug-likeness (QED) is 0.648. The molecule has 0 radical (unpaired) electrons. The zero-order valence-corrected chi connectivity index (χ0v) is 13.2. The molecule has 0 aliphatic rings. The number of nitrogen functional groups attached to an aromatic ring is 1. The number of nitrogens with two attached hydrogens (primary N) is 1. The van der Waals surface area contributed by atoms with Crippen molar-refractivity contribution in [1.82, 2.24) is 15.0 Å². The topological polar surface area (TPSA) is 123 Å². The molecule has 0 bridgehead atoms. The number of aromatic nitrogens is 3. The first kappa shape index (κ1) is 15.7. The van der Waals surface area contributed by atoms with E-state index in [1.165, 1.54) is 30.7 Å². The summed E-state index contributed by atoms with van der Waals surface area (Å²) < 4.78 is 26.9. The van der Waals surface area contributed by atoms with E-state index in [0.717, 1.165) is 0 Å². The Kier molecular flexibility index (Phi) is 4.25. The lowest BCUT2D eigenvalue weighted by molar-refractivity contribution is 0.601. The lowest BCUT2D eigenvalue weighted by Gasteiger charge is -2.08. The van der Waals surface area contributed by atoms with E-state index in [-0.39, 0.29) is 10.8 Å². The third-order valence-corrected chi connectivity index (χ3v) is 4.36. The molecule has 1 aromatic carbocycles. The van der Waals surface area contributed by atoms with Gasteiger partial charge in [0.25, 0.3) is 10.0 Å². The second-order valence-electron chi connectivity index (χ2n) is 4.80. The predicted molar refractivity (Wildman–Crippen MR) is 91.2 cm³/mol. The van der Waals surface area contributed by atoms with Crippen LogP contribution in [0, 0.1) is 0 Å². The monoisotopic (exact) mass is 342 g/mol. The summed E-state index contributed by atoms with van der Waals surface area (Å²) in [6.45, 7) is 0. The molecule has 4 N–H and O–H groups in total. The molecule has 122 valence electrons. The van der Waals surface area contributed by atoms with E-state index in [2.05, 4.69) is 25.0 Å². The SMILES string of the molecule is Nc1ccc(Nc2ccc(S(=O)(=O)Nc3ncccn3)cc2)nc1. The van der Waals surface area contributed by atoms with Crippen LogP contribution in [0.4, 0.5) is 23.1 Å². The lowest BCUT2D eigenvalue weighted by atomic mass is 10.3. The molecule has 3 rings (SSSR count). The number of rotatable bonds is 5. The van der Waals surface area contributed by atoms with Crippen LogP contribution in [0.5, 0.6) is 0 Å². The molecule has 0 amide bonds. The minimum Gasteiger partial charge on any atom is -0.397 e. The molecule has 0 saturated heterocycles. The van der Waals surface area contributed by atoms with E-state index in [9.17, 15) is 8.42 Å². The van der Waals surface area contributed by atoms with Crippen molar-refractivity contribution >= 4 is 33.2 Å². The molecule has 24 heavy (non-hydrogen) atoms. The number of nitrogens with zero attached hydrogens (tertiary/aromatic N) is 3. The van der Waals surface area contributed by atoms with Gasteiger partial charge in [0, 0.05) is 18.1 Å². The van der Waals surface area contributed by atoms with Crippen molar-refractivity contribution in [3.63, 3.8) is 0 Å². The Morgan fingerprint density at radius 2 is 1.62 bits per heavy atom. The first-order chi connectivity index (χ1) is 11.5. The maximum atomic E-state index is 12.3. The van der Waals surface area contributed by atoms with Crippen LogP contribution >= 0.6 is 0 Å². The predicted octanol–water partition coefficient (Wildman–Crippen LogP) is 2.00. The van der Waals surface area contributed by atoms with Gasteiger partial charge in [0.1, 0.15) is 5.82 Å². The highest BCUT2D eigenvalue weighted by Crippen LogP contribution is 2.19. The number of benzene rings is 1. The van der Waals surface area contributed by atoms with E-state index in [1.54, 1.807) is 30.3 Å². The van der Waals surface area contributed by atoms with Crippen LogP contribution in [-0.4, -0.2) is 23.4 Å². The molecule has 2 heterocycles. The minimum atomic E-state index is -3.74. The summed E-state index contributed by atoms with van der Waals surface area (Å²) in [6.07, 6.45) is 4.44. The van der Waals surface area contributed by atoms with E-state index < -0.39 is 10.0 Å². The van der Waals surface area contributed by atoms with E-state index in [1.807, 2.05) is 0 Å². The number of hydrogen-bond donors (Lipinski definition) is 3. The van der Waals surface area contributed by atoms with Crippen molar-refractivity contribution in [3.8, 4) is 0 Å². The Labute approximate surface area is 138 Å². The maximum Gasteiger partial charge on any atom is 0.264 e. The smallest absolute Gasteiger partial charge is 0.264 e. The van der Waals surface area contributed by atoms with Gasteiger partial charge in [-0.3, -0.25) is 0 Å². The fourth-order valence-corrected chi connectivity index (χ4v) is 2.83. The average molecular weight is 342 g/mol. The molecule has 9 heteroatoms. The average Bonchev–Trinajstić information content (AvgIpc) is 2.58. The fraction of sp³-hybridized carbons (Fsp3) is 0. The molecule has 0 fully saturated rings. The molecule has 0 atom stereocenters. The van der Waals surface area contributed by atoms with Crippen LogP contribution in [0.15, 0.2) is 66.0 Å². The summed E-state index contributed by atoms with van der Waals surface area (Å²) in [6, 6.07) is 11.3. The van der Waals surface area contributed by atoms with Crippen LogP contribution in [0.2, 0.25) is 0 Å². The van der Waals surface area contributed by atoms with Crippen LogP contribution in [0.1, 0.15) is 0 Å². The van der Waals surface area contributed by atoms with Gasteiger partial charge in [-0.05, 0) is 42.5 Å². The normalized spacial score (nSPS) is 11.0. The standard InChI is InChI=1S/C15H14N6O2S/c16-11-2-7-14(19-10-11)20-12-3-5-13(6-4-12)24(22,23)21-15-17-8-1-9-18-15/h1-10H,16H2,(H,19,20)(H,17,18,21). The molecule has 2 aromatic heterocycles. The van der Waals surface area contributed by atoms with Gasteiger partial charge in [-0.25, -0.2) is 28.1 Å². The van der Waals surface area contributed by atoms with E-state index in [4.69, 9.17) is 5.73 Å². The summed E-state index contributed by atoms with van der Waals surface area (Å²) >= 11 is 0. The third-order valence-electron chi connectivity index (χ3n) is 3.01. The van der Waals surface area contributed by atoms with Crippen LogP contribution in [0.3, 0.4) is 0 Å². The highest BCUT2D eigenvalue weighted by Gasteiger charge is 2.15. The van der Waals surface area contributed by atoms with Gasteiger partial charge in [0.15, 0.2) is 0 Å². The Balaban J connectivity index is 1.75. The van der Waals surface area contributed by atoms with Crippen molar-refractivity contribution in [2.75, 3.05) is 15.8 Å². The maximum absolute atomic E-state index is 12.3. The second kappa shape index (κ2) is 6.50. The molecule has 0 aliphatic heterocycles. The van der Waals surface area contributed by atoms with Gasteiger partial charge in [0.2, 0.25) is 5.95 Å². The van der Waals surface area contributed by atoms with Crippen LogP contribution in [0.25, 0.3) is 0 Å². The summed E-state index contributed by atoms with van der Waals surface area (Å²) in [7, 11) is -3.74. The molecular formula is C15H14N6O2S. The van der Waals surface area contributed by atoms with Gasteiger partial charge in [0.05, 0.1) is 16.8 Å². The number of anilines is 4. The first-order valence-electron chi connectivity index (χ1n) is 6.91. The molecular weight excluding hydrogens is 328 g/mol. The fourth-order valence-electron chi connectivity index (χ4n) is 1.88. The van der Waals surface area contributed by atoms with E-state index in [0.29, 0.717) is 17.2 Å². The molecule has 3 aromatic rings. The molecule has 0 spiro atoms. The number of nitrogens with one attached hydrogen (secondary N) is 2. The first-order valence-corrected chi connectivity index (χ1v) is 8.40. The highest BCUT2D eigenvalue weighted by molar-refractivity contribution is 7.92. The molecule has 0 unspecified atom stereocenters. The summed E-state index contributed by atoms with van der Waals surface area (Å²) in [5.74, 6) is 0.626. The van der Waals surface area contributed by atoms with Gasteiger partial charge in [-0.15, -0.1) is 0 Å². The Hall–Kier alpha value is -3.20. The molecule has 0 aliphatic carbocycles. The third kappa shape index (κ3) is 3.76. The molecule has 0 saturated carbocycles. The zero-order valence-electron chi connectivity index (χ0n) is 12.4. The van der Waals surface area contributed by atoms with Crippen molar-refractivity contribution in [1.29, 1.82) is 0 Å². The zero-order chi connectivity index (χ0) is 17.0. The number of sulfonamides is 1. The van der Waals surface area contributed by atoms with Crippen LogP contribution < -0.4 is 15.8 Å². The minimum absolute atomic E-state index is 0.0192. The van der Waals surface area contributed by atoms with Crippen molar-refractivity contribution < 1.29 is 8.42 Å².